The molecule has 1 fully saturated rings. The van der Waals surface area contributed by atoms with Crippen LogP contribution in [0.2, 0.25) is 0 Å². The van der Waals surface area contributed by atoms with Crippen molar-refractivity contribution in [2.75, 3.05) is 5.73 Å². The fraction of sp³-hybridized carbons (Fsp3) is 0.727. The van der Waals surface area contributed by atoms with Gasteiger partial charge in [0.2, 0.25) is 0 Å². The zero-order valence-corrected chi connectivity index (χ0v) is 8.87. The summed E-state index contributed by atoms with van der Waals surface area (Å²) in [6.07, 6.45) is 9.40. The zero-order valence-electron chi connectivity index (χ0n) is 8.87. The summed E-state index contributed by atoms with van der Waals surface area (Å²) in [5.41, 5.74) is 7.95. The van der Waals surface area contributed by atoms with Gasteiger partial charge in [-0.1, -0.05) is 26.2 Å². The molecule has 1 aliphatic carbocycles. The maximum Gasteiger partial charge on any atom is 0.0733 e. The van der Waals surface area contributed by atoms with E-state index < -0.39 is 0 Å². The van der Waals surface area contributed by atoms with Crippen molar-refractivity contribution >= 4 is 5.69 Å². The minimum Gasteiger partial charge on any atom is -0.396 e. The van der Waals surface area contributed by atoms with Crippen molar-refractivity contribution in [3.05, 3.63) is 11.9 Å². The number of nitrogens with two attached hydrogens (primary N) is 1. The van der Waals surface area contributed by atoms with Gasteiger partial charge in [-0.15, -0.1) is 0 Å². The molecular formula is C11H19N3. The Morgan fingerprint density at radius 2 is 2.14 bits per heavy atom. The van der Waals surface area contributed by atoms with Crippen LogP contribution in [0.4, 0.5) is 5.69 Å². The highest BCUT2D eigenvalue weighted by molar-refractivity contribution is 5.41. The largest absolute Gasteiger partial charge is 0.396 e. The number of aromatic nitrogens is 2. The second-order valence-corrected chi connectivity index (χ2v) is 4.14. The minimum atomic E-state index is 0.607. The Labute approximate surface area is 85.3 Å². The Bertz CT molecular complexity index is 297. The third-order valence-corrected chi connectivity index (χ3v) is 3.19. The van der Waals surface area contributed by atoms with E-state index in [0.29, 0.717) is 6.04 Å². The highest BCUT2D eigenvalue weighted by atomic mass is 15.3. The normalized spacial score (nSPS) is 18.6. The average Bonchev–Trinajstić information content (AvgIpc) is 2.61. The van der Waals surface area contributed by atoms with Crippen molar-refractivity contribution in [1.82, 2.24) is 9.78 Å². The van der Waals surface area contributed by atoms with E-state index in [1.54, 1.807) is 6.20 Å². The van der Waals surface area contributed by atoms with Crippen LogP contribution in [0, 0.1) is 0 Å². The predicted octanol–water partition coefficient (Wildman–Crippen LogP) is 2.53. The van der Waals surface area contributed by atoms with E-state index >= 15 is 0 Å². The van der Waals surface area contributed by atoms with Crippen molar-refractivity contribution in [1.29, 1.82) is 0 Å². The van der Waals surface area contributed by atoms with E-state index in [1.807, 2.05) is 0 Å². The Kier molecular flexibility index (Phi) is 2.75. The standard InChI is InChI=1S/C11H19N3/c1-2-11-10(12)8-13-14(11)9-6-4-3-5-7-9/h8-9H,2-7,12H2,1H3. The van der Waals surface area contributed by atoms with Gasteiger partial charge in [0.15, 0.2) is 0 Å². The molecule has 1 heterocycles. The monoisotopic (exact) mass is 193 g/mol. The Morgan fingerprint density at radius 1 is 1.43 bits per heavy atom. The van der Waals surface area contributed by atoms with Crippen molar-refractivity contribution < 1.29 is 0 Å². The molecule has 78 valence electrons. The van der Waals surface area contributed by atoms with Crippen molar-refractivity contribution in [3.63, 3.8) is 0 Å². The van der Waals surface area contributed by atoms with E-state index in [9.17, 15) is 0 Å². The van der Waals surface area contributed by atoms with Crippen LogP contribution in [0.25, 0.3) is 0 Å². The van der Waals surface area contributed by atoms with E-state index in [-0.39, 0.29) is 0 Å². The van der Waals surface area contributed by atoms with Crippen LogP contribution in [0.1, 0.15) is 50.8 Å². The third kappa shape index (κ3) is 1.63. The lowest BCUT2D eigenvalue weighted by Gasteiger charge is -2.23. The molecule has 3 heteroatoms. The zero-order chi connectivity index (χ0) is 9.97. The quantitative estimate of drug-likeness (QED) is 0.784. The van der Waals surface area contributed by atoms with E-state index in [2.05, 4.69) is 16.7 Å². The third-order valence-electron chi connectivity index (χ3n) is 3.19. The van der Waals surface area contributed by atoms with Gasteiger partial charge in [0.25, 0.3) is 0 Å². The summed E-state index contributed by atoms with van der Waals surface area (Å²) in [5, 5.41) is 4.40. The van der Waals surface area contributed by atoms with Crippen LogP contribution >= 0.6 is 0 Å². The summed E-state index contributed by atoms with van der Waals surface area (Å²) in [7, 11) is 0. The maximum atomic E-state index is 5.88. The van der Waals surface area contributed by atoms with E-state index in [4.69, 9.17) is 5.73 Å². The lowest BCUT2D eigenvalue weighted by molar-refractivity contribution is 0.323. The fourth-order valence-electron chi connectivity index (χ4n) is 2.41. The molecule has 1 aromatic rings. The fourth-order valence-corrected chi connectivity index (χ4v) is 2.41. The van der Waals surface area contributed by atoms with Gasteiger partial charge in [0.1, 0.15) is 0 Å². The Morgan fingerprint density at radius 3 is 2.79 bits per heavy atom. The first-order valence-electron chi connectivity index (χ1n) is 5.64. The van der Waals surface area contributed by atoms with Gasteiger partial charge in [-0.2, -0.15) is 5.10 Å². The highest BCUT2D eigenvalue weighted by Crippen LogP contribution is 2.29. The number of hydrogen-bond donors (Lipinski definition) is 1. The van der Waals surface area contributed by atoms with Gasteiger partial charge in [-0.25, -0.2) is 0 Å². The summed E-state index contributed by atoms with van der Waals surface area (Å²) in [5.74, 6) is 0. The van der Waals surface area contributed by atoms with Crippen LogP contribution in [-0.2, 0) is 6.42 Å². The summed E-state index contributed by atoms with van der Waals surface area (Å²) in [4.78, 5) is 0. The molecule has 0 spiro atoms. The molecule has 0 aliphatic heterocycles. The summed E-state index contributed by atoms with van der Waals surface area (Å²) >= 11 is 0. The highest BCUT2D eigenvalue weighted by Gasteiger charge is 2.18. The SMILES string of the molecule is CCc1c(N)cnn1C1CCCCC1. The van der Waals surface area contributed by atoms with Crippen LogP contribution in [0.15, 0.2) is 6.20 Å². The molecule has 0 atom stereocenters. The number of anilines is 1. The maximum absolute atomic E-state index is 5.88. The molecular weight excluding hydrogens is 174 g/mol. The molecule has 1 saturated carbocycles. The van der Waals surface area contributed by atoms with Crippen LogP contribution in [-0.4, -0.2) is 9.78 Å². The van der Waals surface area contributed by atoms with Gasteiger partial charge in [0.05, 0.1) is 23.6 Å². The molecule has 0 radical (unpaired) electrons. The second kappa shape index (κ2) is 4.03. The van der Waals surface area contributed by atoms with Crippen molar-refractivity contribution in [3.8, 4) is 0 Å². The molecule has 2 rings (SSSR count). The topological polar surface area (TPSA) is 43.8 Å². The van der Waals surface area contributed by atoms with E-state index in [1.165, 1.54) is 37.8 Å². The lowest BCUT2D eigenvalue weighted by Crippen LogP contribution is -2.16. The molecule has 0 unspecified atom stereocenters. The van der Waals surface area contributed by atoms with Gasteiger partial charge in [-0.05, 0) is 19.3 Å². The number of nitrogens with zero attached hydrogens (tertiary/aromatic N) is 2. The minimum absolute atomic E-state index is 0.607. The summed E-state index contributed by atoms with van der Waals surface area (Å²) in [6.45, 7) is 2.15. The second-order valence-electron chi connectivity index (χ2n) is 4.14. The average molecular weight is 193 g/mol. The first kappa shape index (κ1) is 9.56. The van der Waals surface area contributed by atoms with Gasteiger partial charge in [0, 0.05) is 0 Å². The molecule has 3 nitrogen and oxygen atoms in total. The van der Waals surface area contributed by atoms with Gasteiger partial charge in [-0.3, -0.25) is 4.68 Å². The number of hydrogen-bond acceptors (Lipinski definition) is 2. The molecule has 0 saturated heterocycles. The van der Waals surface area contributed by atoms with Crippen molar-refractivity contribution in [2.45, 2.75) is 51.5 Å². The van der Waals surface area contributed by atoms with E-state index in [0.717, 1.165) is 12.1 Å². The first-order valence-corrected chi connectivity index (χ1v) is 5.64. The molecule has 1 aliphatic rings. The van der Waals surface area contributed by atoms with Crippen molar-refractivity contribution in [2.24, 2.45) is 0 Å². The predicted molar refractivity (Wildman–Crippen MR) is 58.1 cm³/mol. The Hall–Kier alpha value is -0.990. The molecule has 1 aromatic heterocycles. The Balaban J connectivity index is 2.21. The van der Waals surface area contributed by atoms with Gasteiger partial charge >= 0.3 is 0 Å². The van der Waals surface area contributed by atoms with Crippen LogP contribution in [0.5, 0.6) is 0 Å². The number of rotatable bonds is 2. The summed E-state index contributed by atoms with van der Waals surface area (Å²) < 4.78 is 2.16. The van der Waals surface area contributed by atoms with Gasteiger partial charge < -0.3 is 5.73 Å². The van der Waals surface area contributed by atoms with Crippen LogP contribution in [0.3, 0.4) is 0 Å². The lowest BCUT2D eigenvalue weighted by atomic mass is 9.95. The summed E-state index contributed by atoms with van der Waals surface area (Å²) in [6, 6.07) is 0.607. The smallest absolute Gasteiger partial charge is 0.0733 e. The molecule has 2 N–H and O–H groups in total. The first-order chi connectivity index (χ1) is 6.83. The molecule has 14 heavy (non-hydrogen) atoms. The molecule has 0 bridgehead atoms. The molecule has 0 amide bonds. The van der Waals surface area contributed by atoms with Crippen LogP contribution < -0.4 is 5.73 Å². The molecule has 0 aromatic carbocycles. The number of nitrogen functional groups attached to an aromatic ring is 1.